The second-order valence-electron chi connectivity index (χ2n) is 6.97. The Labute approximate surface area is 209 Å². The fraction of sp³-hybridized carbons (Fsp3) is 0.250. The van der Waals surface area contributed by atoms with Crippen LogP contribution >= 0.6 is 22.7 Å². The van der Waals surface area contributed by atoms with E-state index in [1.807, 2.05) is 0 Å². The average Bonchev–Trinajstić information content (AvgIpc) is 3.45. The maximum Gasteiger partial charge on any atom is 0.348 e. The van der Waals surface area contributed by atoms with Crippen LogP contribution in [0.2, 0.25) is 0 Å². The highest BCUT2D eigenvalue weighted by Gasteiger charge is 2.26. The van der Waals surface area contributed by atoms with Crippen molar-refractivity contribution < 1.29 is 28.2 Å². The Bertz CT molecular complexity index is 1280. The number of anilines is 1. The summed E-state index contributed by atoms with van der Waals surface area (Å²) in [6.07, 6.45) is 1.42. The quantitative estimate of drug-likeness (QED) is 0.221. The first kappa shape index (κ1) is 26.0. The van der Waals surface area contributed by atoms with Crippen LogP contribution in [-0.4, -0.2) is 43.9 Å². The Morgan fingerprint density at radius 2 is 1.94 bits per heavy atom. The summed E-state index contributed by atoms with van der Waals surface area (Å²) in [4.78, 5) is 29.8. The molecule has 1 aromatic carbocycles. The van der Waals surface area contributed by atoms with E-state index in [4.69, 9.17) is 14.2 Å². The molecule has 0 bridgehead atoms. The minimum Gasteiger partial charge on any atom is -0.462 e. The van der Waals surface area contributed by atoms with Crippen molar-refractivity contribution in [1.29, 1.82) is 5.26 Å². The normalized spacial score (nSPS) is 11.1. The van der Waals surface area contributed by atoms with Gasteiger partial charge >= 0.3 is 11.9 Å². The first-order valence-corrected chi connectivity index (χ1v) is 12.1. The van der Waals surface area contributed by atoms with Crippen molar-refractivity contribution in [2.45, 2.75) is 13.8 Å². The maximum absolute atomic E-state index is 13.2. The van der Waals surface area contributed by atoms with Crippen LogP contribution in [0.15, 0.2) is 35.8 Å². The molecule has 2 aromatic heterocycles. The molecule has 2 heterocycles. The summed E-state index contributed by atoms with van der Waals surface area (Å²) in [5, 5.41) is 15.2. The molecule has 0 aliphatic rings. The molecule has 11 heteroatoms. The van der Waals surface area contributed by atoms with Crippen molar-refractivity contribution >= 4 is 45.2 Å². The highest BCUT2D eigenvalue weighted by atomic mass is 32.1. The molecule has 0 saturated carbocycles. The first-order chi connectivity index (χ1) is 16.9. The number of thiophene rings is 1. The summed E-state index contributed by atoms with van der Waals surface area (Å²) in [5.41, 5.74) is 2.14. The van der Waals surface area contributed by atoms with Crippen molar-refractivity contribution in [3.63, 3.8) is 0 Å². The van der Waals surface area contributed by atoms with E-state index in [-0.39, 0.29) is 41.7 Å². The van der Waals surface area contributed by atoms with Gasteiger partial charge in [-0.3, -0.25) is 0 Å². The third kappa shape index (κ3) is 6.30. The number of rotatable bonds is 10. The van der Waals surface area contributed by atoms with Gasteiger partial charge in [-0.25, -0.2) is 19.0 Å². The van der Waals surface area contributed by atoms with Gasteiger partial charge in [0.2, 0.25) is 0 Å². The number of nitrogens with one attached hydrogen (secondary N) is 1. The molecule has 0 aliphatic heterocycles. The van der Waals surface area contributed by atoms with E-state index in [0.29, 0.717) is 26.8 Å². The van der Waals surface area contributed by atoms with Crippen molar-refractivity contribution in [3.8, 4) is 17.3 Å². The smallest absolute Gasteiger partial charge is 0.348 e. The number of allylic oxidation sites excluding steroid dienone is 1. The van der Waals surface area contributed by atoms with E-state index < -0.39 is 11.9 Å². The largest absolute Gasteiger partial charge is 0.462 e. The summed E-state index contributed by atoms with van der Waals surface area (Å²) in [6, 6.07) is 7.97. The molecule has 35 heavy (non-hydrogen) atoms. The molecular formula is C24H22FN3O5S2. The minimum atomic E-state index is -0.598. The SMILES string of the molecule is CCOC(=O)c1c(NC=C(C#N)c2nc(-c3ccc(F)cc3)cs2)sc(C(=O)OCCOC)c1C. The van der Waals surface area contributed by atoms with Gasteiger partial charge in [-0.05, 0) is 43.7 Å². The number of halogens is 1. The standard InChI is InChI=1S/C24H22FN3O5S2/c1-4-32-23(29)19-14(2)20(24(30)33-10-9-31-3)35-22(19)27-12-16(11-26)21-28-18(13-34-21)15-5-7-17(25)8-6-15/h5-8,12-13,27H,4,9-10H2,1-3H3. The van der Waals surface area contributed by atoms with Gasteiger partial charge < -0.3 is 19.5 Å². The summed E-state index contributed by atoms with van der Waals surface area (Å²) < 4.78 is 28.4. The molecule has 1 N–H and O–H groups in total. The lowest BCUT2D eigenvalue weighted by Crippen LogP contribution is -2.11. The van der Waals surface area contributed by atoms with Gasteiger partial charge in [-0.15, -0.1) is 22.7 Å². The van der Waals surface area contributed by atoms with E-state index in [1.54, 1.807) is 31.4 Å². The summed E-state index contributed by atoms with van der Waals surface area (Å²) in [6.45, 7) is 3.79. The van der Waals surface area contributed by atoms with Crippen molar-refractivity contribution in [2.75, 3.05) is 32.2 Å². The minimum absolute atomic E-state index is 0.0725. The third-order valence-electron chi connectivity index (χ3n) is 4.67. The van der Waals surface area contributed by atoms with Gasteiger partial charge in [0.25, 0.3) is 0 Å². The second kappa shape index (κ2) is 12.2. The number of carbonyl (C=O) groups is 2. The summed E-state index contributed by atoms with van der Waals surface area (Å²) in [7, 11) is 1.50. The number of esters is 2. The lowest BCUT2D eigenvalue weighted by molar-refractivity contribution is 0.0393. The van der Waals surface area contributed by atoms with Gasteiger partial charge in [0.1, 0.15) is 39.0 Å². The molecule has 0 amide bonds. The number of nitriles is 1. The average molecular weight is 516 g/mol. The van der Waals surface area contributed by atoms with Gasteiger partial charge in [0, 0.05) is 24.3 Å². The molecule has 3 rings (SSSR count). The number of methoxy groups -OCH3 is 1. The number of carbonyl (C=O) groups excluding carboxylic acids is 2. The molecule has 0 saturated heterocycles. The van der Waals surface area contributed by atoms with Gasteiger partial charge in [-0.2, -0.15) is 5.26 Å². The highest BCUT2D eigenvalue weighted by Crippen LogP contribution is 2.35. The molecule has 0 spiro atoms. The number of ether oxygens (including phenoxy) is 3. The van der Waals surface area contributed by atoms with Crippen molar-refractivity contribution in [2.24, 2.45) is 0 Å². The van der Waals surface area contributed by atoms with E-state index in [0.717, 1.165) is 11.3 Å². The fourth-order valence-corrected chi connectivity index (χ4v) is 4.82. The number of benzene rings is 1. The lowest BCUT2D eigenvalue weighted by atomic mass is 10.1. The predicted octanol–water partition coefficient (Wildman–Crippen LogP) is 5.28. The Kier molecular flexibility index (Phi) is 9.08. The monoisotopic (exact) mass is 515 g/mol. The van der Waals surface area contributed by atoms with Crippen LogP contribution < -0.4 is 5.32 Å². The van der Waals surface area contributed by atoms with Crippen LogP contribution in [0.5, 0.6) is 0 Å². The zero-order chi connectivity index (χ0) is 25.4. The molecule has 0 atom stereocenters. The molecule has 182 valence electrons. The van der Waals surface area contributed by atoms with Crippen molar-refractivity contribution in [3.05, 3.63) is 62.7 Å². The zero-order valence-corrected chi connectivity index (χ0v) is 20.8. The zero-order valence-electron chi connectivity index (χ0n) is 19.2. The predicted molar refractivity (Wildman–Crippen MR) is 132 cm³/mol. The molecule has 8 nitrogen and oxygen atoms in total. The topological polar surface area (TPSA) is 111 Å². The van der Waals surface area contributed by atoms with Crippen LogP contribution in [0.1, 0.15) is 37.5 Å². The molecule has 3 aromatic rings. The number of hydrogen-bond donors (Lipinski definition) is 1. The third-order valence-corrected chi connectivity index (χ3v) is 6.75. The number of aromatic nitrogens is 1. The van der Waals surface area contributed by atoms with Crippen LogP contribution in [0, 0.1) is 24.1 Å². The second-order valence-corrected chi connectivity index (χ2v) is 8.85. The Morgan fingerprint density at radius 3 is 2.60 bits per heavy atom. The lowest BCUT2D eigenvalue weighted by Gasteiger charge is -2.05. The Hall–Kier alpha value is -3.59. The van der Waals surface area contributed by atoms with Crippen LogP contribution in [0.4, 0.5) is 9.39 Å². The van der Waals surface area contributed by atoms with Crippen LogP contribution in [0.3, 0.4) is 0 Å². The van der Waals surface area contributed by atoms with E-state index in [9.17, 15) is 19.2 Å². The van der Waals surface area contributed by atoms with Gasteiger partial charge in [0.15, 0.2) is 0 Å². The van der Waals surface area contributed by atoms with E-state index in [1.165, 1.54) is 36.8 Å². The molecular weight excluding hydrogens is 493 g/mol. The number of nitrogens with zero attached hydrogens (tertiary/aromatic N) is 2. The molecule has 0 fully saturated rings. The summed E-state index contributed by atoms with van der Waals surface area (Å²) in [5.74, 6) is -1.53. The van der Waals surface area contributed by atoms with Gasteiger partial charge in [0.05, 0.1) is 24.5 Å². The summed E-state index contributed by atoms with van der Waals surface area (Å²) >= 11 is 2.27. The van der Waals surface area contributed by atoms with Crippen LogP contribution in [-0.2, 0) is 14.2 Å². The molecule has 0 unspecified atom stereocenters. The number of hydrogen-bond acceptors (Lipinski definition) is 10. The van der Waals surface area contributed by atoms with E-state index >= 15 is 0 Å². The van der Waals surface area contributed by atoms with Gasteiger partial charge in [-0.1, -0.05) is 0 Å². The Balaban J connectivity index is 1.89. The molecule has 0 radical (unpaired) electrons. The van der Waals surface area contributed by atoms with Crippen molar-refractivity contribution in [1.82, 2.24) is 4.98 Å². The molecule has 0 aliphatic carbocycles. The van der Waals surface area contributed by atoms with Crippen LogP contribution in [0.25, 0.3) is 16.8 Å². The highest BCUT2D eigenvalue weighted by molar-refractivity contribution is 7.18. The van der Waals surface area contributed by atoms with E-state index in [2.05, 4.69) is 16.4 Å². The maximum atomic E-state index is 13.2. The number of thiazole rings is 1. The first-order valence-electron chi connectivity index (χ1n) is 10.4. The Morgan fingerprint density at radius 1 is 1.20 bits per heavy atom. The fourth-order valence-electron chi connectivity index (χ4n) is 2.97.